The second-order valence-electron chi connectivity index (χ2n) is 3.27. The fourth-order valence-electron chi connectivity index (χ4n) is 1.11. The van der Waals surface area contributed by atoms with Gasteiger partial charge in [0.15, 0.2) is 8.96 Å². The van der Waals surface area contributed by atoms with E-state index in [1.54, 1.807) is 28.8 Å². The summed E-state index contributed by atoms with van der Waals surface area (Å²) in [5, 5.41) is 18.6. The van der Waals surface area contributed by atoms with Gasteiger partial charge in [0.05, 0.1) is 5.69 Å². The summed E-state index contributed by atoms with van der Waals surface area (Å²) in [6.07, 6.45) is 0. The standard InChI is InChI=1S/C10H9N3OS3/c1-13-9(15)8(17-10(13)16)12-11-6-2-4-7(14)5-3-6/h2-5,14-15H,1H3. The normalized spacial score (nSPS) is 11.2. The van der Waals surface area contributed by atoms with Crippen molar-refractivity contribution in [2.45, 2.75) is 5.03 Å². The number of phenols is 1. The Kier molecular flexibility index (Phi) is 3.60. The lowest BCUT2D eigenvalue weighted by Gasteiger charge is -1.94. The summed E-state index contributed by atoms with van der Waals surface area (Å²) in [6, 6.07) is 6.48. The van der Waals surface area contributed by atoms with Crippen LogP contribution in [0.2, 0.25) is 0 Å². The van der Waals surface area contributed by atoms with Crippen LogP contribution in [-0.4, -0.2) is 9.67 Å². The van der Waals surface area contributed by atoms with Crippen LogP contribution in [0.25, 0.3) is 0 Å². The van der Waals surface area contributed by atoms with Crippen molar-refractivity contribution in [1.82, 2.24) is 4.57 Å². The number of nitrogens with zero attached hydrogens (tertiary/aromatic N) is 3. The zero-order chi connectivity index (χ0) is 12.4. The van der Waals surface area contributed by atoms with Gasteiger partial charge in [0, 0.05) is 7.05 Å². The van der Waals surface area contributed by atoms with Gasteiger partial charge in [-0.1, -0.05) is 11.3 Å². The molecule has 0 spiro atoms. The Morgan fingerprint density at radius 2 is 1.94 bits per heavy atom. The number of thiol groups is 1. The average Bonchev–Trinajstić information content (AvgIpc) is 2.56. The lowest BCUT2D eigenvalue weighted by molar-refractivity contribution is 0.475. The Morgan fingerprint density at radius 1 is 1.29 bits per heavy atom. The largest absolute Gasteiger partial charge is 0.508 e. The van der Waals surface area contributed by atoms with Crippen LogP contribution >= 0.6 is 36.2 Å². The van der Waals surface area contributed by atoms with Gasteiger partial charge in [0.25, 0.3) is 0 Å². The van der Waals surface area contributed by atoms with Crippen molar-refractivity contribution < 1.29 is 5.11 Å². The molecule has 1 heterocycles. The van der Waals surface area contributed by atoms with E-state index in [1.807, 2.05) is 7.05 Å². The quantitative estimate of drug-likeness (QED) is 0.492. The first-order valence-corrected chi connectivity index (χ1v) is 6.34. The molecule has 0 bridgehead atoms. The summed E-state index contributed by atoms with van der Waals surface area (Å²) in [5.41, 5.74) is 0.664. The van der Waals surface area contributed by atoms with Crippen molar-refractivity contribution in [1.29, 1.82) is 0 Å². The first-order chi connectivity index (χ1) is 8.08. The summed E-state index contributed by atoms with van der Waals surface area (Å²) < 4.78 is 2.48. The minimum atomic E-state index is 0.203. The molecule has 0 saturated heterocycles. The van der Waals surface area contributed by atoms with Gasteiger partial charge in [-0.25, -0.2) is 0 Å². The van der Waals surface area contributed by atoms with Gasteiger partial charge >= 0.3 is 0 Å². The van der Waals surface area contributed by atoms with Crippen LogP contribution in [0.1, 0.15) is 0 Å². The second kappa shape index (κ2) is 4.99. The lowest BCUT2D eigenvalue weighted by Crippen LogP contribution is -1.84. The summed E-state index contributed by atoms with van der Waals surface area (Å²) in [4.78, 5) is 0. The smallest absolute Gasteiger partial charge is 0.171 e. The number of aromatic hydroxyl groups is 1. The van der Waals surface area contributed by atoms with E-state index in [9.17, 15) is 0 Å². The first kappa shape index (κ1) is 12.3. The molecule has 0 amide bonds. The topological polar surface area (TPSA) is 49.9 Å². The molecule has 1 aromatic heterocycles. The maximum Gasteiger partial charge on any atom is 0.171 e. The van der Waals surface area contributed by atoms with Crippen LogP contribution in [-0.2, 0) is 7.05 Å². The molecule has 17 heavy (non-hydrogen) atoms. The zero-order valence-electron chi connectivity index (χ0n) is 8.86. The highest BCUT2D eigenvalue weighted by Crippen LogP contribution is 2.32. The fraction of sp³-hybridized carbons (Fsp3) is 0.100. The number of benzene rings is 1. The van der Waals surface area contributed by atoms with Crippen LogP contribution in [0.4, 0.5) is 10.7 Å². The second-order valence-corrected chi connectivity index (χ2v) is 5.32. The van der Waals surface area contributed by atoms with Gasteiger partial charge in [0.1, 0.15) is 10.8 Å². The first-order valence-electron chi connectivity index (χ1n) is 4.67. The lowest BCUT2D eigenvalue weighted by atomic mass is 10.3. The van der Waals surface area contributed by atoms with E-state index < -0.39 is 0 Å². The van der Waals surface area contributed by atoms with Crippen molar-refractivity contribution in [2.24, 2.45) is 17.3 Å². The van der Waals surface area contributed by atoms with E-state index in [4.69, 9.17) is 17.3 Å². The van der Waals surface area contributed by atoms with Crippen LogP contribution in [0.3, 0.4) is 0 Å². The molecule has 0 atom stereocenters. The van der Waals surface area contributed by atoms with Crippen LogP contribution in [0.5, 0.6) is 5.75 Å². The van der Waals surface area contributed by atoms with Crippen molar-refractivity contribution >= 4 is 46.9 Å². The van der Waals surface area contributed by atoms with Crippen LogP contribution in [0, 0.1) is 3.95 Å². The summed E-state index contributed by atoms with van der Waals surface area (Å²) in [6.45, 7) is 0. The molecule has 0 aliphatic rings. The van der Waals surface area contributed by atoms with Gasteiger partial charge in [-0.15, -0.1) is 22.9 Å². The highest BCUT2D eigenvalue weighted by molar-refractivity contribution is 7.80. The number of rotatable bonds is 2. The molecular formula is C10H9N3OS3. The molecule has 0 saturated carbocycles. The third kappa shape index (κ3) is 2.74. The summed E-state index contributed by atoms with van der Waals surface area (Å²) >= 11 is 10.8. The molecule has 0 unspecified atom stereocenters. The Morgan fingerprint density at radius 3 is 2.47 bits per heavy atom. The summed E-state index contributed by atoms with van der Waals surface area (Å²) in [5.74, 6) is 0.203. The van der Waals surface area contributed by atoms with Crippen molar-refractivity contribution in [3.05, 3.63) is 28.2 Å². The Hall–Kier alpha value is -1.18. The van der Waals surface area contributed by atoms with Crippen molar-refractivity contribution in [3.8, 4) is 5.75 Å². The van der Waals surface area contributed by atoms with Gasteiger partial charge in [-0.3, -0.25) is 0 Å². The van der Waals surface area contributed by atoms with Crippen LogP contribution < -0.4 is 0 Å². The fourth-order valence-corrected chi connectivity index (χ4v) is 2.56. The minimum Gasteiger partial charge on any atom is -0.508 e. The van der Waals surface area contributed by atoms with Gasteiger partial charge in [0.2, 0.25) is 0 Å². The molecule has 88 valence electrons. The van der Waals surface area contributed by atoms with Gasteiger partial charge in [-0.05, 0) is 36.5 Å². The van der Waals surface area contributed by atoms with E-state index >= 15 is 0 Å². The van der Waals surface area contributed by atoms with Gasteiger partial charge < -0.3 is 9.67 Å². The maximum atomic E-state index is 9.13. The van der Waals surface area contributed by atoms with Gasteiger partial charge in [-0.2, -0.15) is 0 Å². The highest BCUT2D eigenvalue weighted by Gasteiger charge is 2.05. The number of phenolic OH excluding ortho intramolecular Hbond substituents is 1. The molecule has 0 fully saturated rings. The highest BCUT2D eigenvalue weighted by atomic mass is 32.1. The third-order valence-electron chi connectivity index (χ3n) is 2.07. The van der Waals surface area contributed by atoms with Crippen molar-refractivity contribution in [2.75, 3.05) is 0 Å². The van der Waals surface area contributed by atoms with E-state index in [0.717, 1.165) is 0 Å². The third-order valence-corrected chi connectivity index (χ3v) is 4.18. The number of azo groups is 1. The predicted octanol–water partition coefficient (Wildman–Crippen LogP) is 4.23. The Balaban J connectivity index is 2.29. The Labute approximate surface area is 113 Å². The number of hydrogen-bond acceptors (Lipinski definition) is 6. The molecule has 2 aromatic rings. The SMILES string of the molecule is Cn1c(S)c(N=Nc2ccc(O)cc2)sc1=S. The average molecular weight is 283 g/mol. The van der Waals surface area contributed by atoms with E-state index in [1.165, 1.54) is 11.3 Å². The van der Waals surface area contributed by atoms with E-state index in [2.05, 4.69) is 22.9 Å². The predicted molar refractivity (Wildman–Crippen MR) is 73.7 cm³/mol. The zero-order valence-corrected chi connectivity index (χ0v) is 11.4. The van der Waals surface area contributed by atoms with Crippen molar-refractivity contribution in [3.63, 3.8) is 0 Å². The minimum absolute atomic E-state index is 0.203. The van der Waals surface area contributed by atoms with E-state index in [0.29, 0.717) is 19.7 Å². The number of thiazole rings is 1. The monoisotopic (exact) mass is 283 g/mol. The molecular weight excluding hydrogens is 274 g/mol. The Bertz CT molecular complexity index is 613. The molecule has 2 rings (SSSR count). The molecule has 7 heteroatoms. The molecule has 1 aromatic carbocycles. The maximum absolute atomic E-state index is 9.13. The summed E-state index contributed by atoms with van der Waals surface area (Å²) in [7, 11) is 1.83. The number of hydrogen-bond donors (Lipinski definition) is 2. The van der Waals surface area contributed by atoms with Crippen LogP contribution in [0.15, 0.2) is 39.5 Å². The molecule has 4 nitrogen and oxygen atoms in total. The molecule has 1 N–H and O–H groups in total. The number of aromatic nitrogens is 1. The van der Waals surface area contributed by atoms with E-state index in [-0.39, 0.29) is 5.75 Å². The molecule has 0 radical (unpaired) electrons. The molecule has 0 aliphatic heterocycles. The molecule has 0 aliphatic carbocycles.